The van der Waals surface area contributed by atoms with E-state index < -0.39 is 0 Å². The van der Waals surface area contributed by atoms with Crippen LogP contribution in [-0.4, -0.2) is 36.6 Å². The Hall–Kier alpha value is -3.28. The molecule has 2 amide bonds. The number of fused-ring (bicyclic) bond motifs is 1. The lowest BCUT2D eigenvalue weighted by Crippen LogP contribution is -2.42. The molecular weight excluding hydrogens is 404 g/mol. The topological polar surface area (TPSA) is 59.1 Å². The number of nitrogens with zero attached hydrogens (tertiary/aromatic N) is 2. The van der Waals surface area contributed by atoms with Gasteiger partial charge in [0.2, 0.25) is 6.79 Å². The van der Waals surface area contributed by atoms with Crippen LogP contribution in [0.15, 0.2) is 42.1 Å². The highest BCUT2D eigenvalue weighted by molar-refractivity contribution is 6.45. The van der Waals surface area contributed by atoms with Crippen molar-refractivity contribution in [3.63, 3.8) is 0 Å². The molecule has 3 aliphatic rings. The molecule has 2 atom stereocenters. The Morgan fingerprint density at radius 3 is 2.31 bits per heavy atom. The van der Waals surface area contributed by atoms with E-state index in [-0.39, 0.29) is 18.6 Å². The number of aryl methyl sites for hydroxylation is 2. The molecule has 6 nitrogen and oxygen atoms in total. The van der Waals surface area contributed by atoms with Crippen LogP contribution in [0.5, 0.6) is 11.5 Å². The molecular formula is C26H28N2O4. The number of imide groups is 1. The smallest absolute Gasteiger partial charge is 0.282 e. The maximum absolute atomic E-state index is 13.8. The molecule has 6 heteroatoms. The number of carbonyl (C=O) groups excluding carboxylic acids is 2. The molecule has 3 aliphatic heterocycles. The number of hydrogen-bond acceptors (Lipinski definition) is 5. The summed E-state index contributed by atoms with van der Waals surface area (Å²) in [6.45, 7) is 10.1. The molecule has 2 aromatic carbocycles. The van der Waals surface area contributed by atoms with E-state index in [0.29, 0.717) is 40.3 Å². The zero-order valence-electron chi connectivity index (χ0n) is 19.0. The highest BCUT2D eigenvalue weighted by Gasteiger charge is 2.44. The molecule has 2 unspecified atom stereocenters. The van der Waals surface area contributed by atoms with Crippen LogP contribution in [0.25, 0.3) is 5.57 Å². The summed E-state index contributed by atoms with van der Waals surface area (Å²) >= 11 is 0. The van der Waals surface area contributed by atoms with Crippen molar-refractivity contribution in [1.82, 2.24) is 4.90 Å². The summed E-state index contributed by atoms with van der Waals surface area (Å²) in [4.78, 5) is 31.1. The van der Waals surface area contributed by atoms with Crippen LogP contribution in [0.3, 0.4) is 0 Å². The maximum Gasteiger partial charge on any atom is 0.282 e. The van der Waals surface area contributed by atoms with Gasteiger partial charge in [0.25, 0.3) is 11.8 Å². The van der Waals surface area contributed by atoms with Crippen molar-refractivity contribution in [2.75, 3.05) is 24.8 Å². The molecule has 5 rings (SSSR count). The average molecular weight is 433 g/mol. The van der Waals surface area contributed by atoms with Gasteiger partial charge in [-0.1, -0.05) is 37.6 Å². The van der Waals surface area contributed by atoms with Crippen molar-refractivity contribution in [1.29, 1.82) is 0 Å². The van der Waals surface area contributed by atoms with Crippen molar-refractivity contribution in [3.8, 4) is 11.5 Å². The number of ether oxygens (including phenoxy) is 2. The normalized spacial score (nSPS) is 22.9. The zero-order chi connectivity index (χ0) is 22.6. The first-order valence-corrected chi connectivity index (χ1v) is 11.2. The molecule has 0 aromatic heterocycles. The second-order valence-corrected chi connectivity index (χ2v) is 9.38. The molecule has 166 valence electrons. The standard InChI is InChI=1S/C26H28N2O4/c1-15-5-7-20(18(4)10-15)23-24(27-12-16(2)9-17(3)13-27)26(30)28(25(23)29)19-6-8-21-22(11-19)32-14-31-21/h5-8,10-11,16-17H,9,12-14H2,1-4H3. The van der Waals surface area contributed by atoms with Gasteiger partial charge in [0, 0.05) is 19.2 Å². The lowest BCUT2D eigenvalue weighted by molar-refractivity contribution is -0.120. The molecule has 0 bridgehead atoms. The zero-order valence-corrected chi connectivity index (χ0v) is 19.0. The molecule has 1 fully saturated rings. The van der Waals surface area contributed by atoms with E-state index in [1.54, 1.807) is 18.2 Å². The van der Waals surface area contributed by atoms with Gasteiger partial charge in [0.1, 0.15) is 5.70 Å². The summed E-state index contributed by atoms with van der Waals surface area (Å²) in [6.07, 6.45) is 1.12. The van der Waals surface area contributed by atoms with Crippen LogP contribution in [-0.2, 0) is 9.59 Å². The highest BCUT2D eigenvalue weighted by Crippen LogP contribution is 2.41. The maximum atomic E-state index is 13.8. The van der Waals surface area contributed by atoms with Gasteiger partial charge in [-0.3, -0.25) is 9.59 Å². The first kappa shape index (κ1) is 20.6. The summed E-state index contributed by atoms with van der Waals surface area (Å²) in [6, 6.07) is 11.2. The first-order chi connectivity index (χ1) is 15.3. The Morgan fingerprint density at radius 2 is 1.59 bits per heavy atom. The Kier molecular flexibility index (Phi) is 4.96. The molecule has 3 heterocycles. The fourth-order valence-corrected chi connectivity index (χ4v) is 5.25. The van der Waals surface area contributed by atoms with Gasteiger partial charge in [-0.25, -0.2) is 4.90 Å². The van der Waals surface area contributed by atoms with E-state index in [2.05, 4.69) is 24.8 Å². The Morgan fingerprint density at radius 1 is 0.875 bits per heavy atom. The minimum atomic E-state index is -0.290. The number of benzene rings is 2. The van der Waals surface area contributed by atoms with Crippen molar-refractivity contribution >= 4 is 23.1 Å². The van der Waals surface area contributed by atoms with Gasteiger partial charge in [0.05, 0.1) is 11.3 Å². The molecule has 0 N–H and O–H groups in total. The van der Waals surface area contributed by atoms with Gasteiger partial charge in [-0.15, -0.1) is 0 Å². The van der Waals surface area contributed by atoms with Gasteiger partial charge < -0.3 is 14.4 Å². The number of rotatable bonds is 3. The second-order valence-electron chi connectivity index (χ2n) is 9.38. The van der Waals surface area contributed by atoms with E-state index >= 15 is 0 Å². The van der Waals surface area contributed by atoms with E-state index in [9.17, 15) is 9.59 Å². The fraction of sp³-hybridized carbons (Fsp3) is 0.385. The molecule has 2 aromatic rings. The molecule has 0 saturated carbocycles. The van der Waals surface area contributed by atoms with Gasteiger partial charge in [-0.2, -0.15) is 0 Å². The Labute approximate surface area is 188 Å². The summed E-state index contributed by atoms with van der Waals surface area (Å²) in [5.41, 5.74) is 4.43. The SMILES string of the molecule is Cc1ccc(C2=C(N3CC(C)CC(C)C3)C(=O)N(c3ccc4c(c3)OCO4)C2=O)c(C)c1. The van der Waals surface area contributed by atoms with Gasteiger partial charge in [-0.05, 0) is 55.4 Å². The minimum Gasteiger partial charge on any atom is -0.454 e. The molecule has 32 heavy (non-hydrogen) atoms. The predicted octanol–water partition coefficient (Wildman–Crippen LogP) is 4.29. The van der Waals surface area contributed by atoms with E-state index in [1.807, 2.05) is 26.0 Å². The van der Waals surface area contributed by atoms with E-state index in [1.165, 1.54) is 4.90 Å². The third-order valence-electron chi connectivity index (χ3n) is 6.51. The van der Waals surface area contributed by atoms with Crippen LogP contribution in [0.4, 0.5) is 5.69 Å². The van der Waals surface area contributed by atoms with Crippen molar-refractivity contribution < 1.29 is 19.1 Å². The number of anilines is 1. The summed E-state index contributed by atoms with van der Waals surface area (Å²) in [5.74, 6) is 1.51. The second kappa shape index (κ2) is 7.69. The monoisotopic (exact) mass is 432 g/mol. The molecule has 0 aliphatic carbocycles. The van der Waals surface area contributed by atoms with Crippen molar-refractivity contribution in [2.24, 2.45) is 11.8 Å². The third kappa shape index (κ3) is 3.34. The van der Waals surface area contributed by atoms with Crippen molar-refractivity contribution in [2.45, 2.75) is 34.1 Å². The van der Waals surface area contributed by atoms with E-state index in [0.717, 1.165) is 36.2 Å². The molecule has 0 radical (unpaired) electrons. The number of likely N-dealkylation sites (tertiary alicyclic amines) is 1. The third-order valence-corrected chi connectivity index (χ3v) is 6.51. The lowest BCUT2D eigenvalue weighted by Gasteiger charge is -2.37. The largest absolute Gasteiger partial charge is 0.454 e. The molecule has 0 spiro atoms. The first-order valence-electron chi connectivity index (χ1n) is 11.2. The van der Waals surface area contributed by atoms with Crippen LogP contribution >= 0.6 is 0 Å². The van der Waals surface area contributed by atoms with E-state index in [4.69, 9.17) is 9.47 Å². The lowest BCUT2D eigenvalue weighted by atomic mass is 9.90. The number of amides is 2. The van der Waals surface area contributed by atoms with Crippen LogP contribution in [0.1, 0.15) is 37.0 Å². The summed E-state index contributed by atoms with van der Waals surface area (Å²) in [7, 11) is 0. The van der Waals surface area contributed by atoms with Crippen LogP contribution in [0, 0.1) is 25.7 Å². The Bertz CT molecular complexity index is 1140. The number of carbonyl (C=O) groups is 2. The summed E-state index contributed by atoms with van der Waals surface area (Å²) < 4.78 is 10.9. The van der Waals surface area contributed by atoms with Gasteiger partial charge in [0.15, 0.2) is 11.5 Å². The quantitative estimate of drug-likeness (QED) is 0.677. The number of hydrogen-bond donors (Lipinski definition) is 0. The number of piperidine rings is 1. The van der Waals surface area contributed by atoms with Crippen molar-refractivity contribution in [3.05, 3.63) is 58.8 Å². The summed E-state index contributed by atoms with van der Waals surface area (Å²) in [5, 5.41) is 0. The Balaban J connectivity index is 1.63. The average Bonchev–Trinajstić information content (AvgIpc) is 3.29. The minimum absolute atomic E-state index is 0.140. The molecule has 1 saturated heterocycles. The van der Waals surface area contributed by atoms with Gasteiger partial charge >= 0.3 is 0 Å². The fourth-order valence-electron chi connectivity index (χ4n) is 5.25. The van der Waals surface area contributed by atoms with Crippen LogP contribution < -0.4 is 14.4 Å². The van der Waals surface area contributed by atoms with Crippen LogP contribution in [0.2, 0.25) is 0 Å². The highest BCUT2D eigenvalue weighted by atomic mass is 16.7. The predicted molar refractivity (Wildman–Crippen MR) is 122 cm³/mol.